The van der Waals surface area contributed by atoms with E-state index in [-0.39, 0.29) is 11.9 Å². The van der Waals surface area contributed by atoms with Gasteiger partial charge in [-0.25, -0.2) is 0 Å². The molecule has 1 aliphatic heterocycles. The van der Waals surface area contributed by atoms with Crippen molar-refractivity contribution in [1.82, 2.24) is 15.1 Å². The molecule has 1 N–H and O–H groups in total. The third-order valence-corrected chi connectivity index (χ3v) is 4.62. The summed E-state index contributed by atoms with van der Waals surface area (Å²) in [6.07, 6.45) is 2.99. The van der Waals surface area contributed by atoms with Gasteiger partial charge in [0.05, 0.1) is 0 Å². The van der Waals surface area contributed by atoms with Crippen LogP contribution < -0.4 is 4.90 Å². The standard InChI is InChI=1S/C18H24N4O/c1-3-14-12-17(20-19-14)18(23)21(2)16-10-7-11-22(13-16)15-8-5-4-6-9-15/h4-6,8-9,12,16H,3,7,10-11,13H2,1-2H3,(H,19,20). The Kier molecular flexibility index (Phi) is 4.65. The summed E-state index contributed by atoms with van der Waals surface area (Å²) in [5.74, 6) is 0.000798. The Morgan fingerprint density at radius 2 is 2.17 bits per heavy atom. The number of amides is 1. The maximum atomic E-state index is 12.6. The van der Waals surface area contributed by atoms with E-state index in [1.54, 1.807) is 0 Å². The van der Waals surface area contributed by atoms with Crippen LogP contribution in [0.5, 0.6) is 0 Å². The molecule has 0 aliphatic carbocycles. The van der Waals surface area contributed by atoms with Gasteiger partial charge < -0.3 is 9.80 Å². The molecule has 122 valence electrons. The van der Waals surface area contributed by atoms with Gasteiger partial charge in [-0.15, -0.1) is 0 Å². The number of nitrogens with zero attached hydrogens (tertiary/aromatic N) is 3. The minimum Gasteiger partial charge on any atom is -0.369 e. The Hall–Kier alpha value is -2.30. The lowest BCUT2D eigenvalue weighted by Gasteiger charge is -2.38. The van der Waals surface area contributed by atoms with Crippen LogP contribution in [-0.2, 0) is 6.42 Å². The summed E-state index contributed by atoms with van der Waals surface area (Å²) in [7, 11) is 1.89. The first kappa shape index (κ1) is 15.6. The van der Waals surface area contributed by atoms with Crippen molar-refractivity contribution in [1.29, 1.82) is 0 Å². The number of hydrogen-bond donors (Lipinski definition) is 1. The normalized spacial score (nSPS) is 18.0. The summed E-state index contributed by atoms with van der Waals surface area (Å²) >= 11 is 0. The molecule has 1 aliphatic rings. The number of aromatic amines is 1. The molecule has 2 heterocycles. The molecule has 1 amide bonds. The SMILES string of the molecule is CCc1cc(C(=O)N(C)C2CCCN(c3ccccc3)C2)n[nH]1. The molecule has 0 spiro atoms. The van der Waals surface area contributed by atoms with Crippen LogP contribution in [0.25, 0.3) is 0 Å². The number of H-pyrrole nitrogens is 1. The van der Waals surface area contributed by atoms with Crippen LogP contribution in [0.3, 0.4) is 0 Å². The number of carbonyl (C=O) groups excluding carboxylic acids is 1. The lowest BCUT2D eigenvalue weighted by atomic mass is 10.0. The molecule has 1 aromatic heterocycles. The molecule has 5 nitrogen and oxygen atoms in total. The maximum Gasteiger partial charge on any atom is 0.274 e. The molecule has 1 unspecified atom stereocenters. The molecule has 1 fully saturated rings. The monoisotopic (exact) mass is 312 g/mol. The highest BCUT2D eigenvalue weighted by Gasteiger charge is 2.27. The molecule has 3 rings (SSSR count). The van der Waals surface area contributed by atoms with E-state index in [0.29, 0.717) is 5.69 Å². The van der Waals surface area contributed by atoms with Gasteiger partial charge in [0.1, 0.15) is 5.69 Å². The van der Waals surface area contributed by atoms with E-state index >= 15 is 0 Å². The zero-order chi connectivity index (χ0) is 16.2. The van der Waals surface area contributed by atoms with Crippen LogP contribution >= 0.6 is 0 Å². The number of carbonyl (C=O) groups is 1. The number of aromatic nitrogens is 2. The second-order valence-electron chi connectivity index (χ2n) is 6.13. The summed E-state index contributed by atoms with van der Waals surface area (Å²) in [6, 6.07) is 12.5. The lowest BCUT2D eigenvalue weighted by molar-refractivity contribution is 0.0711. The smallest absolute Gasteiger partial charge is 0.274 e. The minimum atomic E-state index is 0.000798. The fourth-order valence-electron chi connectivity index (χ4n) is 3.14. The molecule has 0 radical (unpaired) electrons. The van der Waals surface area contributed by atoms with Gasteiger partial charge in [0.15, 0.2) is 0 Å². The number of piperidine rings is 1. The Bertz CT molecular complexity index is 652. The molecule has 5 heteroatoms. The first-order valence-corrected chi connectivity index (χ1v) is 8.30. The second kappa shape index (κ2) is 6.86. The topological polar surface area (TPSA) is 52.2 Å². The van der Waals surface area contributed by atoms with Crippen molar-refractivity contribution in [3.8, 4) is 0 Å². The van der Waals surface area contributed by atoms with Gasteiger partial charge in [-0.1, -0.05) is 25.1 Å². The lowest BCUT2D eigenvalue weighted by Crippen LogP contribution is -2.48. The maximum absolute atomic E-state index is 12.6. The fourth-order valence-corrected chi connectivity index (χ4v) is 3.14. The van der Waals surface area contributed by atoms with Crippen LogP contribution in [0, 0.1) is 0 Å². The molecule has 2 aromatic rings. The van der Waals surface area contributed by atoms with E-state index in [4.69, 9.17) is 0 Å². The number of rotatable bonds is 4. The van der Waals surface area contributed by atoms with Gasteiger partial charge in [0.25, 0.3) is 5.91 Å². The number of para-hydroxylation sites is 1. The molecular formula is C18H24N4O. The van der Waals surface area contributed by atoms with Crippen molar-refractivity contribution in [3.05, 3.63) is 47.8 Å². The highest BCUT2D eigenvalue weighted by molar-refractivity contribution is 5.92. The van der Waals surface area contributed by atoms with Crippen LogP contribution in [0.2, 0.25) is 0 Å². The van der Waals surface area contributed by atoms with E-state index in [1.165, 1.54) is 5.69 Å². The average molecular weight is 312 g/mol. The van der Waals surface area contributed by atoms with Crippen LogP contribution in [0.15, 0.2) is 36.4 Å². The highest BCUT2D eigenvalue weighted by Crippen LogP contribution is 2.22. The van der Waals surface area contributed by atoms with Crippen molar-refractivity contribution in [3.63, 3.8) is 0 Å². The third kappa shape index (κ3) is 3.38. The molecular weight excluding hydrogens is 288 g/mol. The van der Waals surface area contributed by atoms with E-state index in [1.807, 2.05) is 31.0 Å². The van der Waals surface area contributed by atoms with E-state index < -0.39 is 0 Å². The number of likely N-dealkylation sites (N-methyl/N-ethyl adjacent to an activating group) is 1. The van der Waals surface area contributed by atoms with E-state index in [9.17, 15) is 4.79 Å². The predicted octanol–water partition coefficient (Wildman–Crippen LogP) is 2.71. The number of hydrogen-bond acceptors (Lipinski definition) is 3. The quantitative estimate of drug-likeness (QED) is 0.944. The first-order valence-electron chi connectivity index (χ1n) is 8.30. The average Bonchev–Trinajstić information content (AvgIpc) is 3.10. The van der Waals surface area contributed by atoms with Gasteiger partial charge >= 0.3 is 0 Å². The number of anilines is 1. The van der Waals surface area contributed by atoms with Gasteiger partial charge in [0.2, 0.25) is 0 Å². The van der Waals surface area contributed by atoms with Crippen LogP contribution in [-0.4, -0.2) is 47.2 Å². The highest BCUT2D eigenvalue weighted by atomic mass is 16.2. The van der Waals surface area contributed by atoms with Crippen molar-refractivity contribution in [2.75, 3.05) is 25.0 Å². The third-order valence-electron chi connectivity index (χ3n) is 4.62. The van der Waals surface area contributed by atoms with Crippen molar-refractivity contribution < 1.29 is 4.79 Å². The van der Waals surface area contributed by atoms with Crippen molar-refractivity contribution in [2.45, 2.75) is 32.2 Å². The Morgan fingerprint density at radius 1 is 1.39 bits per heavy atom. The molecule has 23 heavy (non-hydrogen) atoms. The van der Waals surface area contributed by atoms with Gasteiger partial charge in [0, 0.05) is 37.6 Å². The molecule has 0 saturated carbocycles. The van der Waals surface area contributed by atoms with Crippen LogP contribution in [0.4, 0.5) is 5.69 Å². The fraction of sp³-hybridized carbons (Fsp3) is 0.444. The van der Waals surface area contributed by atoms with Crippen molar-refractivity contribution >= 4 is 11.6 Å². The minimum absolute atomic E-state index is 0.000798. The molecule has 1 atom stereocenters. The molecule has 1 aromatic carbocycles. The summed E-state index contributed by atoms with van der Waals surface area (Å²) in [6.45, 7) is 3.96. The zero-order valence-corrected chi connectivity index (χ0v) is 13.8. The first-order chi connectivity index (χ1) is 11.2. The largest absolute Gasteiger partial charge is 0.369 e. The summed E-state index contributed by atoms with van der Waals surface area (Å²) in [4.78, 5) is 16.9. The Balaban J connectivity index is 1.69. The number of nitrogens with one attached hydrogen (secondary N) is 1. The van der Waals surface area contributed by atoms with E-state index in [0.717, 1.165) is 38.0 Å². The Labute approximate surface area is 137 Å². The summed E-state index contributed by atoms with van der Waals surface area (Å²) in [5.41, 5.74) is 2.74. The Morgan fingerprint density at radius 3 is 2.87 bits per heavy atom. The number of benzene rings is 1. The van der Waals surface area contributed by atoms with Crippen LogP contribution in [0.1, 0.15) is 35.9 Å². The zero-order valence-electron chi connectivity index (χ0n) is 13.8. The van der Waals surface area contributed by atoms with E-state index in [2.05, 4.69) is 39.4 Å². The summed E-state index contributed by atoms with van der Waals surface area (Å²) < 4.78 is 0. The molecule has 1 saturated heterocycles. The van der Waals surface area contributed by atoms with Crippen molar-refractivity contribution in [2.24, 2.45) is 0 Å². The van der Waals surface area contributed by atoms with Gasteiger partial charge in [-0.05, 0) is 37.5 Å². The number of aryl methyl sites for hydroxylation is 1. The second-order valence-corrected chi connectivity index (χ2v) is 6.13. The summed E-state index contributed by atoms with van der Waals surface area (Å²) in [5, 5.41) is 7.07. The van der Waals surface area contributed by atoms with Gasteiger partial charge in [-0.2, -0.15) is 5.10 Å². The van der Waals surface area contributed by atoms with Gasteiger partial charge in [-0.3, -0.25) is 9.89 Å². The molecule has 0 bridgehead atoms. The predicted molar refractivity (Wildman–Crippen MR) is 91.7 cm³/mol.